The van der Waals surface area contributed by atoms with Gasteiger partial charge in [-0.15, -0.1) is 0 Å². The zero-order valence-electron chi connectivity index (χ0n) is 10.3. The summed E-state index contributed by atoms with van der Waals surface area (Å²) in [4.78, 5) is 17.4. The molecule has 0 bridgehead atoms. The first kappa shape index (κ1) is 13.3. The molecule has 1 aromatic carbocycles. The van der Waals surface area contributed by atoms with Gasteiger partial charge < -0.3 is 10.1 Å². The Kier molecular flexibility index (Phi) is 3.15. The fourth-order valence-corrected chi connectivity index (χ4v) is 2.26. The topological polar surface area (TPSA) is 100 Å². The van der Waals surface area contributed by atoms with Crippen LogP contribution in [-0.4, -0.2) is 35.7 Å². The lowest BCUT2D eigenvalue weighted by Crippen LogP contribution is -2.02. The van der Waals surface area contributed by atoms with Crippen LogP contribution in [-0.2, 0) is 9.84 Å². The van der Waals surface area contributed by atoms with Crippen molar-refractivity contribution in [1.82, 2.24) is 9.97 Å². The number of hydrogen-bond acceptors (Lipinski definition) is 4. The summed E-state index contributed by atoms with van der Waals surface area (Å²) in [5.74, 6) is -1.25. The van der Waals surface area contributed by atoms with E-state index in [0.29, 0.717) is 5.56 Å². The molecule has 6 nitrogen and oxygen atoms in total. The molecule has 0 atom stereocenters. The summed E-state index contributed by atoms with van der Waals surface area (Å²) in [6, 6.07) is 7.05. The number of hydrogen-bond donors (Lipinski definition) is 2. The molecule has 0 radical (unpaired) electrons. The van der Waals surface area contributed by atoms with Gasteiger partial charge in [0.25, 0.3) is 0 Å². The van der Waals surface area contributed by atoms with Gasteiger partial charge in [-0.2, -0.15) is 0 Å². The fourth-order valence-electron chi connectivity index (χ4n) is 1.72. The first-order valence-corrected chi connectivity index (χ1v) is 7.29. The summed E-state index contributed by atoms with van der Waals surface area (Å²) in [5.41, 5.74) is 1.31. The van der Waals surface area contributed by atoms with Gasteiger partial charge >= 0.3 is 5.97 Å². The van der Waals surface area contributed by atoms with E-state index in [2.05, 4.69) is 9.97 Å². The van der Waals surface area contributed by atoms with E-state index >= 15 is 0 Å². The van der Waals surface area contributed by atoms with Gasteiger partial charge in [0.1, 0.15) is 5.69 Å². The highest BCUT2D eigenvalue weighted by atomic mass is 32.2. The lowest BCUT2D eigenvalue weighted by molar-refractivity contribution is 0.0691. The van der Waals surface area contributed by atoms with Gasteiger partial charge in [-0.05, 0) is 12.5 Å². The third kappa shape index (κ3) is 2.50. The molecule has 0 aliphatic carbocycles. The number of imidazole rings is 1. The molecule has 0 aliphatic heterocycles. The minimum Gasteiger partial charge on any atom is -0.477 e. The van der Waals surface area contributed by atoms with E-state index in [9.17, 15) is 13.2 Å². The summed E-state index contributed by atoms with van der Waals surface area (Å²) in [5, 5.41) is 8.79. The van der Waals surface area contributed by atoms with E-state index in [1.54, 1.807) is 25.1 Å². The number of rotatable bonds is 3. The molecule has 7 heteroatoms. The molecule has 1 heterocycles. The average molecular weight is 280 g/mol. The Morgan fingerprint density at radius 3 is 2.47 bits per heavy atom. The second-order valence-electron chi connectivity index (χ2n) is 4.16. The number of sulfone groups is 1. The molecule has 2 rings (SSSR count). The summed E-state index contributed by atoms with van der Waals surface area (Å²) in [7, 11) is -3.59. The Morgan fingerprint density at radius 2 is 1.95 bits per heavy atom. The molecule has 1 aromatic heterocycles. The number of benzene rings is 1. The van der Waals surface area contributed by atoms with Crippen LogP contribution in [0.15, 0.2) is 29.4 Å². The predicted molar refractivity (Wildman–Crippen MR) is 68.8 cm³/mol. The second-order valence-corrected chi connectivity index (χ2v) is 6.09. The number of carboxylic acid groups (broad SMARTS) is 1. The smallest absolute Gasteiger partial charge is 0.354 e. The van der Waals surface area contributed by atoms with Crippen LogP contribution in [0.4, 0.5) is 0 Å². The lowest BCUT2D eigenvalue weighted by Gasteiger charge is -2.02. The van der Waals surface area contributed by atoms with Crippen LogP contribution < -0.4 is 0 Å². The van der Waals surface area contributed by atoms with Crippen molar-refractivity contribution in [3.63, 3.8) is 0 Å². The Morgan fingerprint density at radius 1 is 1.32 bits per heavy atom. The van der Waals surface area contributed by atoms with Crippen molar-refractivity contribution in [2.45, 2.75) is 12.1 Å². The molecule has 0 aliphatic rings. The van der Waals surface area contributed by atoms with Crippen LogP contribution in [0.5, 0.6) is 0 Å². The Bertz CT molecular complexity index is 747. The molecular formula is C12H12N2O4S. The normalized spacial score (nSPS) is 11.5. The van der Waals surface area contributed by atoms with Crippen LogP contribution in [0.25, 0.3) is 11.3 Å². The molecule has 19 heavy (non-hydrogen) atoms. The summed E-state index contributed by atoms with van der Waals surface area (Å²) in [6.07, 6.45) is 0.971. The molecule has 2 N–H and O–H groups in total. The third-order valence-electron chi connectivity index (χ3n) is 2.65. The SMILES string of the molecule is Cc1ccccc1-c1nc(S(C)(=O)=O)[nH]c1C(=O)O. The van der Waals surface area contributed by atoms with Gasteiger partial charge in [0, 0.05) is 11.8 Å². The number of carboxylic acids is 1. The van der Waals surface area contributed by atoms with Gasteiger partial charge in [-0.25, -0.2) is 18.2 Å². The van der Waals surface area contributed by atoms with E-state index in [1.807, 2.05) is 6.07 Å². The average Bonchev–Trinajstić information content (AvgIpc) is 2.74. The maximum absolute atomic E-state index is 11.5. The molecule has 0 saturated carbocycles. The van der Waals surface area contributed by atoms with Crippen LogP contribution >= 0.6 is 0 Å². The zero-order chi connectivity index (χ0) is 14.2. The van der Waals surface area contributed by atoms with Gasteiger partial charge in [-0.3, -0.25) is 0 Å². The van der Waals surface area contributed by atoms with Gasteiger partial charge in [-0.1, -0.05) is 24.3 Å². The largest absolute Gasteiger partial charge is 0.477 e. The van der Waals surface area contributed by atoms with Crippen molar-refractivity contribution >= 4 is 15.8 Å². The van der Waals surface area contributed by atoms with Crippen LogP contribution in [0, 0.1) is 6.92 Å². The first-order chi connectivity index (χ1) is 8.80. The van der Waals surface area contributed by atoms with E-state index in [4.69, 9.17) is 5.11 Å². The van der Waals surface area contributed by atoms with E-state index in [1.165, 1.54) is 0 Å². The number of nitrogens with zero attached hydrogens (tertiary/aromatic N) is 1. The predicted octanol–water partition coefficient (Wildman–Crippen LogP) is 1.49. The fraction of sp³-hybridized carbons (Fsp3) is 0.167. The van der Waals surface area contributed by atoms with Crippen molar-refractivity contribution < 1.29 is 18.3 Å². The molecule has 0 saturated heterocycles. The number of nitrogens with one attached hydrogen (secondary N) is 1. The van der Waals surface area contributed by atoms with E-state index in [0.717, 1.165) is 11.8 Å². The van der Waals surface area contributed by atoms with Crippen LogP contribution in [0.3, 0.4) is 0 Å². The number of aromatic carboxylic acids is 1. The minimum atomic E-state index is -3.59. The quantitative estimate of drug-likeness (QED) is 0.887. The highest BCUT2D eigenvalue weighted by Crippen LogP contribution is 2.26. The molecular weight excluding hydrogens is 268 g/mol. The number of aromatic nitrogens is 2. The van der Waals surface area contributed by atoms with Crippen molar-refractivity contribution in [2.24, 2.45) is 0 Å². The molecule has 100 valence electrons. The Labute approximate surface area is 110 Å². The van der Waals surface area contributed by atoms with Gasteiger partial charge in [0.15, 0.2) is 5.69 Å². The molecule has 0 amide bonds. The van der Waals surface area contributed by atoms with Crippen molar-refractivity contribution in [3.05, 3.63) is 35.5 Å². The molecule has 2 aromatic rings. The second kappa shape index (κ2) is 4.51. The van der Waals surface area contributed by atoms with Crippen molar-refractivity contribution in [1.29, 1.82) is 0 Å². The zero-order valence-corrected chi connectivity index (χ0v) is 11.2. The van der Waals surface area contributed by atoms with Crippen LogP contribution in [0.2, 0.25) is 0 Å². The van der Waals surface area contributed by atoms with Crippen molar-refractivity contribution in [3.8, 4) is 11.3 Å². The highest BCUT2D eigenvalue weighted by Gasteiger charge is 2.23. The van der Waals surface area contributed by atoms with E-state index < -0.39 is 15.8 Å². The van der Waals surface area contributed by atoms with Gasteiger partial charge in [0.2, 0.25) is 15.0 Å². The first-order valence-electron chi connectivity index (χ1n) is 5.40. The molecule has 0 fully saturated rings. The summed E-state index contributed by atoms with van der Waals surface area (Å²) >= 11 is 0. The number of carbonyl (C=O) groups is 1. The van der Waals surface area contributed by atoms with Crippen LogP contribution in [0.1, 0.15) is 16.1 Å². The monoisotopic (exact) mass is 280 g/mol. The molecule has 0 spiro atoms. The third-order valence-corrected chi connectivity index (χ3v) is 3.54. The maximum Gasteiger partial charge on any atom is 0.354 e. The number of aryl methyl sites for hydroxylation is 1. The summed E-state index contributed by atoms with van der Waals surface area (Å²) in [6.45, 7) is 1.80. The summed E-state index contributed by atoms with van der Waals surface area (Å²) < 4.78 is 22.9. The standard InChI is InChI=1S/C12H12N2O4S/c1-7-5-3-4-6-8(7)9-10(11(15)16)14-12(13-9)19(2,17)18/h3-6H,1-2H3,(H,13,14)(H,15,16). The number of aromatic amines is 1. The van der Waals surface area contributed by atoms with Gasteiger partial charge in [0.05, 0.1) is 0 Å². The lowest BCUT2D eigenvalue weighted by atomic mass is 10.0. The Balaban J connectivity index is 2.73. The van der Waals surface area contributed by atoms with E-state index in [-0.39, 0.29) is 16.5 Å². The molecule has 0 unspecified atom stereocenters. The Hall–Kier alpha value is -2.15. The maximum atomic E-state index is 11.5. The highest BCUT2D eigenvalue weighted by molar-refractivity contribution is 7.90. The van der Waals surface area contributed by atoms with Crippen molar-refractivity contribution in [2.75, 3.05) is 6.26 Å². The number of H-pyrrole nitrogens is 1. The minimum absolute atomic E-state index is 0.131.